The lowest BCUT2D eigenvalue weighted by atomic mass is 10.1. The second-order valence-corrected chi connectivity index (χ2v) is 7.61. The second-order valence-electron chi connectivity index (χ2n) is 6.57. The SMILES string of the molecule is Cc1cc(Sc2ncccn2)ccc1NC(=O)c1ccc(NC(=O)c2ccco2)cc1. The van der Waals surface area contributed by atoms with E-state index in [2.05, 4.69) is 20.6 Å². The fraction of sp³-hybridized carbons (Fsp3) is 0.0435. The third kappa shape index (κ3) is 5.18. The molecule has 0 saturated carbocycles. The summed E-state index contributed by atoms with van der Waals surface area (Å²) in [5.41, 5.74) is 2.69. The van der Waals surface area contributed by atoms with Crippen molar-refractivity contribution in [3.8, 4) is 0 Å². The first kappa shape index (κ1) is 20.4. The molecule has 0 aliphatic rings. The average molecular weight is 430 g/mol. The van der Waals surface area contributed by atoms with Crippen LogP contribution in [0.25, 0.3) is 0 Å². The van der Waals surface area contributed by atoms with Crippen LogP contribution in [0.1, 0.15) is 26.5 Å². The largest absolute Gasteiger partial charge is 0.459 e. The standard InChI is InChI=1S/C23H18N4O3S/c1-15-14-18(31-23-24-11-3-12-25-23)9-10-19(15)27-21(28)16-5-7-17(8-6-16)26-22(29)20-4-2-13-30-20/h2-14H,1H3,(H,26,29)(H,27,28). The van der Waals surface area contributed by atoms with E-state index in [9.17, 15) is 9.59 Å². The van der Waals surface area contributed by atoms with E-state index in [1.54, 1.807) is 54.9 Å². The molecule has 8 heteroatoms. The van der Waals surface area contributed by atoms with Crippen molar-refractivity contribution < 1.29 is 14.0 Å². The van der Waals surface area contributed by atoms with Crippen LogP contribution < -0.4 is 10.6 Å². The van der Waals surface area contributed by atoms with Crippen LogP contribution in [-0.4, -0.2) is 21.8 Å². The summed E-state index contributed by atoms with van der Waals surface area (Å²) in [5, 5.41) is 6.30. The van der Waals surface area contributed by atoms with Gasteiger partial charge in [-0.3, -0.25) is 9.59 Å². The number of amides is 2. The minimum absolute atomic E-state index is 0.220. The van der Waals surface area contributed by atoms with Crippen LogP contribution in [0.5, 0.6) is 0 Å². The van der Waals surface area contributed by atoms with Crippen molar-refractivity contribution in [2.75, 3.05) is 10.6 Å². The van der Waals surface area contributed by atoms with Crippen molar-refractivity contribution in [3.05, 3.63) is 96.2 Å². The first-order valence-electron chi connectivity index (χ1n) is 9.40. The summed E-state index contributed by atoms with van der Waals surface area (Å²) in [4.78, 5) is 34.0. The van der Waals surface area contributed by atoms with Crippen LogP contribution in [0, 0.1) is 6.92 Å². The van der Waals surface area contributed by atoms with Crippen molar-refractivity contribution >= 4 is 35.0 Å². The number of hydrogen-bond donors (Lipinski definition) is 2. The summed E-state index contributed by atoms with van der Waals surface area (Å²) in [6, 6.07) is 17.4. The molecule has 4 aromatic rings. The molecule has 0 fully saturated rings. The quantitative estimate of drug-likeness (QED) is 0.416. The molecule has 154 valence electrons. The summed E-state index contributed by atoms with van der Waals surface area (Å²) in [5.74, 6) is -0.367. The van der Waals surface area contributed by atoms with Gasteiger partial charge in [-0.1, -0.05) is 0 Å². The molecule has 2 heterocycles. The number of nitrogens with one attached hydrogen (secondary N) is 2. The lowest BCUT2D eigenvalue weighted by Gasteiger charge is -2.10. The molecule has 7 nitrogen and oxygen atoms in total. The summed E-state index contributed by atoms with van der Waals surface area (Å²) in [7, 11) is 0. The number of hydrogen-bond acceptors (Lipinski definition) is 6. The maximum Gasteiger partial charge on any atom is 0.291 e. The highest BCUT2D eigenvalue weighted by Crippen LogP contribution is 2.28. The van der Waals surface area contributed by atoms with Crippen molar-refractivity contribution in [2.24, 2.45) is 0 Å². The zero-order valence-electron chi connectivity index (χ0n) is 16.5. The molecule has 31 heavy (non-hydrogen) atoms. The highest BCUT2D eigenvalue weighted by Gasteiger charge is 2.11. The normalized spacial score (nSPS) is 10.5. The highest BCUT2D eigenvalue weighted by atomic mass is 32.2. The minimum atomic E-state index is -0.350. The molecule has 0 atom stereocenters. The number of nitrogens with zero attached hydrogens (tertiary/aromatic N) is 2. The minimum Gasteiger partial charge on any atom is -0.459 e. The molecule has 2 aromatic carbocycles. The molecule has 0 bridgehead atoms. The van der Waals surface area contributed by atoms with Gasteiger partial charge in [-0.15, -0.1) is 0 Å². The van der Waals surface area contributed by atoms with Crippen molar-refractivity contribution in [2.45, 2.75) is 17.0 Å². The van der Waals surface area contributed by atoms with Gasteiger partial charge in [0.1, 0.15) is 0 Å². The number of aromatic nitrogens is 2. The van der Waals surface area contributed by atoms with Gasteiger partial charge < -0.3 is 15.1 Å². The predicted molar refractivity (Wildman–Crippen MR) is 118 cm³/mol. The molecule has 0 saturated heterocycles. The van der Waals surface area contributed by atoms with Crippen LogP contribution >= 0.6 is 11.8 Å². The van der Waals surface area contributed by atoms with Gasteiger partial charge in [0.05, 0.1) is 6.26 Å². The Balaban J connectivity index is 1.39. The van der Waals surface area contributed by atoms with Crippen LogP contribution in [0.4, 0.5) is 11.4 Å². The van der Waals surface area contributed by atoms with E-state index in [4.69, 9.17) is 4.42 Å². The molecule has 0 spiro atoms. The molecule has 2 aromatic heterocycles. The fourth-order valence-corrected chi connectivity index (χ4v) is 3.59. The summed E-state index contributed by atoms with van der Waals surface area (Å²) in [6.45, 7) is 1.93. The van der Waals surface area contributed by atoms with Gasteiger partial charge in [-0.05, 0) is 84.9 Å². The maximum absolute atomic E-state index is 12.6. The number of anilines is 2. The Bertz CT molecular complexity index is 1190. The monoisotopic (exact) mass is 430 g/mol. The van der Waals surface area contributed by atoms with Gasteiger partial charge in [-0.25, -0.2) is 9.97 Å². The number of aryl methyl sites for hydroxylation is 1. The molecule has 0 radical (unpaired) electrons. The predicted octanol–water partition coefficient (Wildman–Crippen LogP) is 5.03. The lowest BCUT2D eigenvalue weighted by molar-refractivity contribution is 0.0995. The van der Waals surface area contributed by atoms with Gasteiger partial charge in [0, 0.05) is 34.2 Å². The van der Waals surface area contributed by atoms with Gasteiger partial charge in [0.25, 0.3) is 11.8 Å². The lowest BCUT2D eigenvalue weighted by Crippen LogP contribution is -2.14. The smallest absolute Gasteiger partial charge is 0.291 e. The second kappa shape index (κ2) is 9.27. The van der Waals surface area contributed by atoms with Crippen LogP contribution in [0.2, 0.25) is 0 Å². The summed E-state index contributed by atoms with van der Waals surface area (Å²) >= 11 is 1.45. The molecule has 0 aliphatic carbocycles. The van der Waals surface area contributed by atoms with Gasteiger partial charge >= 0.3 is 0 Å². The number of carbonyl (C=O) groups is 2. The number of rotatable bonds is 6. The summed E-state index contributed by atoms with van der Waals surface area (Å²) in [6.07, 6.45) is 4.83. The first-order chi connectivity index (χ1) is 15.1. The van der Waals surface area contributed by atoms with Crippen molar-refractivity contribution in [1.29, 1.82) is 0 Å². The van der Waals surface area contributed by atoms with E-state index in [1.165, 1.54) is 18.0 Å². The van der Waals surface area contributed by atoms with E-state index in [0.717, 1.165) is 16.1 Å². The Morgan fingerprint density at radius 1 is 0.903 bits per heavy atom. The Hall–Kier alpha value is -3.91. The van der Waals surface area contributed by atoms with E-state index in [0.29, 0.717) is 16.4 Å². The first-order valence-corrected chi connectivity index (χ1v) is 10.2. The molecule has 2 amide bonds. The number of furan rings is 1. The van der Waals surface area contributed by atoms with E-state index in [1.807, 2.05) is 25.1 Å². The van der Waals surface area contributed by atoms with E-state index >= 15 is 0 Å². The van der Waals surface area contributed by atoms with Gasteiger partial charge in [0.2, 0.25) is 0 Å². The molecule has 0 unspecified atom stereocenters. The maximum atomic E-state index is 12.6. The fourth-order valence-electron chi connectivity index (χ4n) is 2.78. The Morgan fingerprint density at radius 3 is 2.35 bits per heavy atom. The Morgan fingerprint density at radius 2 is 1.68 bits per heavy atom. The molecular formula is C23H18N4O3S. The average Bonchev–Trinajstić information content (AvgIpc) is 3.32. The molecule has 4 rings (SSSR count). The highest BCUT2D eigenvalue weighted by molar-refractivity contribution is 7.99. The van der Waals surface area contributed by atoms with Crippen LogP contribution in [-0.2, 0) is 0 Å². The topological polar surface area (TPSA) is 97.1 Å². The van der Waals surface area contributed by atoms with Gasteiger partial charge in [0.15, 0.2) is 10.9 Å². The Kier molecular flexibility index (Phi) is 6.09. The zero-order valence-corrected chi connectivity index (χ0v) is 17.3. The van der Waals surface area contributed by atoms with E-state index < -0.39 is 0 Å². The summed E-state index contributed by atoms with van der Waals surface area (Å²) < 4.78 is 5.06. The zero-order chi connectivity index (χ0) is 21.6. The van der Waals surface area contributed by atoms with Crippen LogP contribution in [0.3, 0.4) is 0 Å². The van der Waals surface area contributed by atoms with E-state index in [-0.39, 0.29) is 17.6 Å². The Labute approximate surface area is 182 Å². The van der Waals surface area contributed by atoms with Crippen molar-refractivity contribution in [1.82, 2.24) is 9.97 Å². The van der Waals surface area contributed by atoms with Crippen LogP contribution in [0.15, 0.2) is 93.8 Å². The molecule has 0 aliphatic heterocycles. The molecular weight excluding hydrogens is 412 g/mol. The number of carbonyl (C=O) groups excluding carboxylic acids is 2. The third-order valence-electron chi connectivity index (χ3n) is 4.35. The van der Waals surface area contributed by atoms with Crippen molar-refractivity contribution in [3.63, 3.8) is 0 Å². The number of benzene rings is 2. The molecule has 2 N–H and O–H groups in total. The van der Waals surface area contributed by atoms with Gasteiger partial charge in [-0.2, -0.15) is 0 Å². The third-order valence-corrected chi connectivity index (χ3v) is 5.23.